The lowest BCUT2D eigenvalue weighted by molar-refractivity contribution is 0.0950. The summed E-state index contributed by atoms with van der Waals surface area (Å²) in [5, 5.41) is 11.0. The minimum Gasteiger partial charge on any atom is -0.493 e. The van der Waals surface area contributed by atoms with Crippen LogP contribution in [0.1, 0.15) is 27.2 Å². The normalized spacial score (nSPS) is 10.8. The second-order valence-electron chi connectivity index (χ2n) is 7.42. The molecule has 4 aromatic rings. The molecule has 4 rings (SSSR count). The Balaban J connectivity index is 1.36. The van der Waals surface area contributed by atoms with Crippen molar-refractivity contribution >= 4 is 12.1 Å². The zero-order chi connectivity index (χ0) is 23.0. The van der Waals surface area contributed by atoms with Crippen molar-refractivity contribution in [2.45, 2.75) is 13.5 Å². The van der Waals surface area contributed by atoms with Gasteiger partial charge in [0.1, 0.15) is 12.3 Å². The van der Waals surface area contributed by atoms with Crippen LogP contribution in [0.2, 0.25) is 0 Å². The molecule has 7 nitrogen and oxygen atoms in total. The van der Waals surface area contributed by atoms with Gasteiger partial charge in [0.15, 0.2) is 11.5 Å². The summed E-state index contributed by atoms with van der Waals surface area (Å²) in [7, 11) is 1.58. The number of amides is 1. The second kappa shape index (κ2) is 10.3. The Labute approximate surface area is 192 Å². The molecule has 0 fully saturated rings. The summed E-state index contributed by atoms with van der Waals surface area (Å²) in [6.45, 7) is 2.46. The number of hydrogen-bond acceptors (Lipinski definition) is 5. The summed E-state index contributed by atoms with van der Waals surface area (Å²) in [5.41, 5.74) is 7.44. The maximum Gasteiger partial charge on any atom is 0.289 e. The highest BCUT2D eigenvalue weighted by atomic mass is 16.5. The van der Waals surface area contributed by atoms with Crippen molar-refractivity contribution < 1.29 is 14.3 Å². The summed E-state index contributed by atoms with van der Waals surface area (Å²) in [6, 6.07) is 25.0. The molecule has 0 radical (unpaired) electrons. The van der Waals surface area contributed by atoms with Gasteiger partial charge >= 0.3 is 0 Å². The molecule has 0 spiro atoms. The maximum atomic E-state index is 12.4. The van der Waals surface area contributed by atoms with Crippen LogP contribution in [0.3, 0.4) is 0 Å². The molecule has 0 aliphatic carbocycles. The van der Waals surface area contributed by atoms with Crippen LogP contribution in [-0.2, 0) is 6.61 Å². The standard InChI is InChI=1S/C26H24N4O3/c1-18-8-11-21(12-9-18)22-15-23(29-28-22)26(31)30-27-16-20-10-13-24(25(14-20)32-2)33-17-19-6-4-3-5-7-19/h3-16H,17H2,1-2H3,(H,28,29)(H,30,31)/b27-16+. The second-order valence-corrected chi connectivity index (χ2v) is 7.42. The number of carbonyl (C=O) groups excluding carboxylic acids is 1. The fraction of sp³-hybridized carbons (Fsp3) is 0.115. The Bertz CT molecular complexity index is 1250. The fourth-order valence-corrected chi connectivity index (χ4v) is 3.15. The molecule has 1 amide bonds. The molecule has 0 saturated carbocycles. The highest BCUT2D eigenvalue weighted by molar-refractivity contribution is 5.94. The van der Waals surface area contributed by atoms with E-state index in [4.69, 9.17) is 9.47 Å². The molecule has 1 heterocycles. The van der Waals surface area contributed by atoms with Gasteiger partial charge < -0.3 is 9.47 Å². The molecular formula is C26H24N4O3. The SMILES string of the molecule is COc1cc(/C=N/NC(=O)c2cc(-c3ccc(C)cc3)n[nH]2)ccc1OCc1ccccc1. The average Bonchev–Trinajstić information content (AvgIpc) is 3.34. The third kappa shape index (κ3) is 5.65. The van der Waals surface area contributed by atoms with Gasteiger partial charge in [0, 0.05) is 5.56 Å². The lowest BCUT2D eigenvalue weighted by Gasteiger charge is -2.11. The third-order valence-electron chi connectivity index (χ3n) is 4.97. The zero-order valence-corrected chi connectivity index (χ0v) is 18.4. The molecular weight excluding hydrogens is 416 g/mol. The minimum atomic E-state index is -0.383. The van der Waals surface area contributed by atoms with Crippen LogP contribution in [0.15, 0.2) is 84.0 Å². The van der Waals surface area contributed by atoms with Crippen LogP contribution >= 0.6 is 0 Å². The number of benzene rings is 3. The van der Waals surface area contributed by atoms with E-state index in [1.54, 1.807) is 25.5 Å². The van der Waals surface area contributed by atoms with E-state index in [2.05, 4.69) is 20.7 Å². The number of nitrogens with one attached hydrogen (secondary N) is 2. The molecule has 1 aromatic heterocycles. The number of hydrogen-bond donors (Lipinski definition) is 2. The van der Waals surface area contributed by atoms with Crippen LogP contribution in [0.25, 0.3) is 11.3 Å². The Morgan fingerprint density at radius 1 is 1.03 bits per heavy atom. The molecule has 0 aliphatic rings. The predicted octanol–water partition coefficient (Wildman–Crippen LogP) is 4.74. The predicted molar refractivity (Wildman–Crippen MR) is 128 cm³/mol. The van der Waals surface area contributed by atoms with Crippen molar-refractivity contribution in [1.29, 1.82) is 0 Å². The summed E-state index contributed by atoms with van der Waals surface area (Å²) in [5.74, 6) is 0.827. The van der Waals surface area contributed by atoms with Crippen molar-refractivity contribution in [3.63, 3.8) is 0 Å². The number of nitrogens with zero attached hydrogens (tertiary/aromatic N) is 2. The van der Waals surface area contributed by atoms with E-state index >= 15 is 0 Å². The first-order chi connectivity index (χ1) is 16.1. The summed E-state index contributed by atoms with van der Waals surface area (Å²) >= 11 is 0. The van der Waals surface area contributed by atoms with Gasteiger partial charge in [-0.2, -0.15) is 10.2 Å². The molecule has 0 saturated heterocycles. The molecule has 166 valence electrons. The van der Waals surface area contributed by atoms with E-state index in [1.165, 1.54) is 0 Å². The first-order valence-electron chi connectivity index (χ1n) is 10.4. The van der Waals surface area contributed by atoms with Crippen LogP contribution < -0.4 is 14.9 Å². The average molecular weight is 441 g/mol. The van der Waals surface area contributed by atoms with Gasteiger partial charge in [-0.05, 0) is 42.3 Å². The Hall–Kier alpha value is -4.39. The highest BCUT2D eigenvalue weighted by Gasteiger charge is 2.10. The van der Waals surface area contributed by atoms with E-state index < -0.39 is 0 Å². The number of aromatic amines is 1. The van der Waals surface area contributed by atoms with Crippen molar-refractivity contribution in [1.82, 2.24) is 15.6 Å². The van der Waals surface area contributed by atoms with Gasteiger partial charge in [0.05, 0.1) is 19.0 Å². The van der Waals surface area contributed by atoms with Crippen molar-refractivity contribution in [3.05, 3.63) is 101 Å². The van der Waals surface area contributed by atoms with Crippen molar-refractivity contribution in [2.24, 2.45) is 5.10 Å². The van der Waals surface area contributed by atoms with Crippen LogP contribution in [0, 0.1) is 6.92 Å². The molecule has 0 aliphatic heterocycles. The number of aryl methyl sites for hydroxylation is 1. The molecule has 0 bridgehead atoms. The zero-order valence-electron chi connectivity index (χ0n) is 18.4. The first kappa shape index (κ1) is 21.8. The van der Waals surface area contributed by atoms with E-state index in [-0.39, 0.29) is 5.91 Å². The number of aromatic nitrogens is 2. The number of methoxy groups -OCH3 is 1. The first-order valence-corrected chi connectivity index (χ1v) is 10.4. The van der Waals surface area contributed by atoms with Gasteiger partial charge in [-0.25, -0.2) is 5.43 Å². The monoisotopic (exact) mass is 440 g/mol. The topological polar surface area (TPSA) is 88.6 Å². The van der Waals surface area contributed by atoms with Crippen LogP contribution in [0.4, 0.5) is 0 Å². The van der Waals surface area contributed by atoms with E-state index in [0.717, 1.165) is 22.3 Å². The summed E-state index contributed by atoms with van der Waals surface area (Å²) < 4.78 is 11.3. The van der Waals surface area contributed by atoms with Crippen molar-refractivity contribution in [3.8, 4) is 22.8 Å². The summed E-state index contributed by atoms with van der Waals surface area (Å²) in [6.07, 6.45) is 1.54. The van der Waals surface area contributed by atoms with Crippen LogP contribution in [-0.4, -0.2) is 29.4 Å². The maximum absolute atomic E-state index is 12.4. The van der Waals surface area contributed by atoms with E-state index in [0.29, 0.717) is 29.5 Å². The largest absolute Gasteiger partial charge is 0.493 e. The van der Waals surface area contributed by atoms with Gasteiger partial charge in [0.25, 0.3) is 5.91 Å². The molecule has 0 atom stereocenters. The molecule has 3 aromatic carbocycles. The molecule has 2 N–H and O–H groups in total. The minimum absolute atomic E-state index is 0.324. The van der Waals surface area contributed by atoms with E-state index in [1.807, 2.05) is 73.7 Å². The van der Waals surface area contributed by atoms with Crippen LogP contribution in [0.5, 0.6) is 11.5 Å². The number of ether oxygens (including phenoxy) is 2. The fourth-order valence-electron chi connectivity index (χ4n) is 3.15. The Kier molecular flexibility index (Phi) is 6.80. The number of carbonyl (C=O) groups is 1. The summed E-state index contributed by atoms with van der Waals surface area (Å²) in [4.78, 5) is 12.4. The highest BCUT2D eigenvalue weighted by Crippen LogP contribution is 2.28. The Morgan fingerprint density at radius 2 is 1.82 bits per heavy atom. The smallest absolute Gasteiger partial charge is 0.289 e. The number of hydrazone groups is 1. The molecule has 33 heavy (non-hydrogen) atoms. The molecule has 7 heteroatoms. The van der Waals surface area contributed by atoms with Gasteiger partial charge in [0.2, 0.25) is 0 Å². The third-order valence-corrected chi connectivity index (χ3v) is 4.97. The Morgan fingerprint density at radius 3 is 2.58 bits per heavy atom. The number of H-pyrrole nitrogens is 1. The van der Waals surface area contributed by atoms with Gasteiger partial charge in [-0.1, -0.05) is 60.2 Å². The lowest BCUT2D eigenvalue weighted by Crippen LogP contribution is -2.18. The quantitative estimate of drug-likeness (QED) is 0.306. The van der Waals surface area contributed by atoms with Gasteiger partial charge in [-0.15, -0.1) is 0 Å². The van der Waals surface area contributed by atoms with Gasteiger partial charge in [-0.3, -0.25) is 9.89 Å². The number of rotatable bonds is 8. The molecule has 0 unspecified atom stereocenters. The lowest BCUT2D eigenvalue weighted by atomic mass is 10.1. The van der Waals surface area contributed by atoms with E-state index in [9.17, 15) is 4.79 Å². The van der Waals surface area contributed by atoms with Crippen molar-refractivity contribution in [2.75, 3.05) is 7.11 Å².